The molecule has 0 bridgehead atoms. The fourth-order valence-electron chi connectivity index (χ4n) is 2.50. The van der Waals surface area contributed by atoms with Gasteiger partial charge in [-0.05, 0) is 56.7 Å². The minimum absolute atomic E-state index is 0.138. The van der Waals surface area contributed by atoms with E-state index >= 15 is 0 Å². The van der Waals surface area contributed by atoms with Crippen LogP contribution in [0.15, 0.2) is 53.3 Å². The second-order valence-corrected chi connectivity index (χ2v) is 7.91. The van der Waals surface area contributed by atoms with Crippen LogP contribution in [0.5, 0.6) is 11.5 Å². The first-order valence-corrected chi connectivity index (χ1v) is 10.3. The maximum Gasteiger partial charge on any atom is 0.238 e. The van der Waals surface area contributed by atoms with Gasteiger partial charge in [-0.2, -0.15) is 0 Å². The fourth-order valence-corrected chi connectivity index (χ4v) is 3.19. The molecular weight excluding hydrogens is 404 g/mol. The van der Waals surface area contributed by atoms with Crippen molar-refractivity contribution < 1.29 is 18.8 Å². The molecule has 30 heavy (non-hydrogen) atoms. The summed E-state index contributed by atoms with van der Waals surface area (Å²) in [4.78, 5) is 28.4. The minimum Gasteiger partial charge on any atom is -0.455 e. The predicted octanol–water partition coefficient (Wildman–Crippen LogP) is 4.18. The molecule has 8 nitrogen and oxygen atoms in total. The van der Waals surface area contributed by atoms with Crippen LogP contribution in [0, 0.1) is 13.8 Å². The molecule has 1 aromatic carbocycles. The molecule has 0 spiro atoms. The number of amides is 2. The van der Waals surface area contributed by atoms with E-state index in [0.717, 1.165) is 5.56 Å². The normalized spacial score (nSPS) is 11.6. The van der Waals surface area contributed by atoms with Crippen molar-refractivity contribution in [2.45, 2.75) is 26.0 Å². The van der Waals surface area contributed by atoms with Crippen molar-refractivity contribution in [1.82, 2.24) is 10.1 Å². The van der Waals surface area contributed by atoms with Gasteiger partial charge in [0.05, 0.1) is 17.2 Å². The van der Waals surface area contributed by atoms with Gasteiger partial charge in [0, 0.05) is 18.0 Å². The summed E-state index contributed by atoms with van der Waals surface area (Å²) in [5.41, 5.74) is 1.53. The molecule has 1 unspecified atom stereocenters. The predicted molar refractivity (Wildman–Crippen MR) is 116 cm³/mol. The number of carbonyl (C=O) groups is 2. The molecule has 9 heteroatoms. The molecule has 2 aromatic heterocycles. The summed E-state index contributed by atoms with van der Waals surface area (Å²) in [5.74, 6) is 1.99. The Bertz CT molecular complexity index is 1020. The Morgan fingerprint density at radius 3 is 2.70 bits per heavy atom. The minimum atomic E-state index is -0.426. The number of pyridine rings is 1. The Morgan fingerprint density at radius 1 is 1.20 bits per heavy atom. The first-order chi connectivity index (χ1) is 14.4. The first kappa shape index (κ1) is 21.4. The number of hydrogen-bond acceptors (Lipinski definition) is 7. The fraction of sp³-hybridized carbons (Fsp3) is 0.238. The number of anilines is 2. The van der Waals surface area contributed by atoms with Gasteiger partial charge < -0.3 is 19.9 Å². The Hall–Kier alpha value is -3.33. The lowest BCUT2D eigenvalue weighted by atomic mass is 10.2. The van der Waals surface area contributed by atoms with E-state index in [1.54, 1.807) is 50.5 Å². The van der Waals surface area contributed by atoms with E-state index in [0.29, 0.717) is 28.8 Å². The number of aryl methyl sites for hydroxylation is 2. The highest BCUT2D eigenvalue weighted by atomic mass is 32.2. The number of nitrogens with zero attached hydrogens (tertiary/aromatic N) is 2. The molecule has 0 saturated carbocycles. The molecule has 0 aliphatic heterocycles. The van der Waals surface area contributed by atoms with E-state index in [1.165, 1.54) is 11.8 Å². The van der Waals surface area contributed by atoms with Gasteiger partial charge in [-0.3, -0.25) is 14.6 Å². The lowest BCUT2D eigenvalue weighted by Crippen LogP contribution is -2.25. The summed E-state index contributed by atoms with van der Waals surface area (Å²) in [6.07, 6.45) is 3.31. The van der Waals surface area contributed by atoms with E-state index in [-0.39, 0.29) is 17.6 Å². The average molecular weight is 426 g/mol. The van der Waals surface area contributed by atoms with Crippen molar-refractivity contribution in [2.24, 2.45) is 0 Å². The Kier molecular flexibility index (Phi) is 7.08. The largest absolute Gasteiger partial charge is 0.455 e. The van der Waals surface area contributed by atoms with Crippen molar-refractivity contribution >= 4 is 35.1 Å². The summed E-state index contributed by atoms with van der Waals surface area (Å²) in [7, 11) is 0. The highest BCUT2D eigenvalue weighted by molar-refractivity contribution is 8.01. The molecule has 0 saturated heterocycles. The van der Waals surface area contributed by atoms with Crippen molar-refractivity contribution in [2.75, 3.05) is 16.4 Å². The Morgan fingerprint density at radius 2 is 2.03 bits per heavy atom. The molecule has 0 aliphatic carbocycles. The van der Waals surface area contributed by atoms with Gasteiger partial charge in [-0.15, -0.1) is 11.8 Å². The number of carbonyl (C=O) groups excluding carboxylic acids is 2. The molecule has 156 valence electrons. The smallest absolute Gasteiger partial charge is 0.238 e. The van der Waals surface area contributed by atoms with Crippen molar-refractivity contribution in [3.8, 4) is 11.5 Å². The van der Waals surface area contributed by atoms with Crippen LogP contribution >= 0.6 is 11.8 Å². The third-order valence-electron chi connectivity index (χ3n) is 4.03. The summed E-state index contributed by atoms with van der Waals surface area (Å²) in [5, 5.41) is 8.78. The van der Waals surface area contributed by atoms with Gasteiger partial charge in [-0.1, -0.05) is 5.16 Å². The summed E-state index contributed by atoms with van der Waals surface area (Å²) < 4.78 is 10.7. The summed E-state index contributed by atoms with van der Waals surface area (Å²) >= 11 is 1.23. The molecule has 1 atom stereocenters. The van der Waals surface area contributed by atoms with Crippen LogP contribution in [-0.2, 0) is 9.59 Å². The third kappa shape index (κ3) is 6.08. The molecule has 0 aliphatic rings. The van der Waals surface area contributed by atoms with E-state index in [4.69, 9.17) is 9.26 Å². The van der Waals surface area contributed by atoms with Crippen LogP contribution in [0.4, 0.5) is 11.5 Å². The molecule has 3 rings (SSSR count). The molecule has 2 amide bonds. The number of aromatic nitrogens is 2. The standard InChI is InChI=1S/C21H22N4O4S/c1-13-9-16(6-7-18(13)28-17-5-4-8-22-11-17)23-20(26)12-30-15(3)21(27)24-19-10-14(2)29-25-19/h4-11,15H,12H2,1-3H3,(H,23,26)(H,24,25,27). The monoisotopic (exact) mass is 426 g/mol. The van der Waals surface area contributed by atoms with Gasteiger partial charge in [0.1, 0.15) is 17.3 Å². The van der Waals surface area contributed by atoms with Crippen LogP contribution in [0.1, 0.15) is 18.2 Å². The van der Waals surface area contributed by atoms with Crippen molar-refractivity contribution in [3.05, 3.63) is 60.1 Å². The zero-order valence-electron chi connectivity index (χ0n) is 16.8. The highest BCUT2D eigenvalue weighted by Crippen LogP contribution is 2.27. The molecule has 2 heterocycles. The first-order valence-electron chi connectivity index (χ1n) is 9.25. The quantitative estimate of drug-likeness (QED) is 0.556. The van der Waals surface area contributed by atoms with Crippen LogP contribution in [0.2, 0.25) is 0 Å². The van der Waals surface area contributed by atoms with E-state index < -0.39 is 5.25 Å². The van der Waals surface area contributed by atoms with Crippen LogP contribution < -0.4 is 15.4 Å². The highest BCUT2D eigenvalue weighted by Gasteiger charge is 2.17. The lowest BCUT2D eigenvalue weighted by molar-refractivity contribution is -0.115. The molecule has 0 radical (unpaired) electrons. The maximum atomic E-state index is 12.3. The van der Waals surface area contributed by atoms with E-state index in [9.17, 15) is 9.59 Å². The number of rotatable bonds is 8. The summed E-state index contributed by atoms with van der Waals surface area (Å²) in [6, 6.07) is 10.6. The lowest BCUT2D eigenvalue weighted by Gasteiger charge is -2.12. The third-order valence-corrected chi connectivity index (χ3v) is 5.18. The van der Waals surface area contributed by atoms with Crippen molar-refractivity contribution in [1.29, 1.82) is 0 Å². The number of nitrogens with one attached hydrogen (secondary N) is 2. The number of ether oxygens (including phenoxy) is 1. The zero-order valence-corrected chi connectivity index (χ0v) is 17.7. The van der Waals surface area contributed by atoms with Gasteiger partial charge in [0.2, 0.25) is 11.8 Å². The van der Waals surface area contributed by atoms with E-state index in [1.807, 2.05) is 19.1 Å². The second-order valence-electron chi connectivity index (χ2n) is 6.58. The number of benzene rings is 1. The number of thioether (sulfide) groups is 1. The Labute approximate surface area is 178 Å². The molecule has 0 fully saturated rings. The second kappa shape index (κ2) is 9.93. The van der Waals surface area contributed by atoms with Crippen molar-refractivity contribution in [3.63, 3.8) is 0 Å². The molecular formula is C21H22N4O4S. The van der Waals surface area contributed by atoms with Gasteiger partial charge in [0.25, 0.3) is 0 Å². The average Bonchev–Trinajstić information content (AvgIpc) is 3.13. The number of hydrogen-bond donors (Lipinski definition) is 2. The summed E-state index contributed by atoms with van der Waals surface area (Å²) in [6.45, 7) is 5.37. The van der Waals surface area contributed by atoms with Crippen LogP contribution in [0.3, 0.4) is 0 Å². The van der Waals surface area contributed by atoms with Gasteiger partial charge in [-0.25, -0.2) is 0 Å². The molecule has 3 aromatic rings. The van der Waals surface area contributed by atoms with Gasteiger partial charge in [0.15, 0.2) is 5.82 Å². The van der Waals surface area contributed by atoms with Crippen LogP contribution in [-0.4, -0.2) is 33.0 Å². The van der Waals surface area contributed by atoms with Gasteiger partial charge >= 0.3 is 0 Å². The zero-order chi connectivity index (χ0) is 21.5. The Balaban J connectivity index is 1.48. The SMILES string of the molecule is Cc1cc(NC(=O)C(C)SCC(=O)Nc2ccc(Oc3cccnc3)c(C)c2)no1. The van der Waals surface area contributed by atoms with E-state index in [2.05, 4.69) is 20.8 Å². The maximum absolute atomic E-state index is 12.3. The van der Waals surface area contributed by atoms with Crippen LogP contribution in [0.25, 0.3) is 0 Å². The molecule has 2 N–H and O–H groups in total. The topological polar surface area (TPSA) is 106 Å².